The van der Waals surface area contributed by atoms with Gasteiger partial charge in [-0.25, -0.2) is 4.99 Å². The Labute approximate surface area is 248 Å². The zero-order chi connectivity index (χ0) is 30.3. The number of hydrogen-bond acceptors (Lipinski definition) is 6. The molecule has 11 heteroatoms. The van der Waals surface area contributed by atoms with Crippen molar-refractivity contribution < 1.29 is 18.8 Å². The molecular formula is C32H33N7O4. The molecule has 0 radical (unpaired) electrons. The molecule has 2 unspecified atom stereocenters. The van der Waals surface area contributed by atoms with Gasteiger partial charge in [-0.2, -0.15) is 5.26 Å². The number of guanidine groups is 1. The molecule has 43 heavy (non-hydrogen) atoms. The van der Waals surface area contributed by atoms with Gasteiger partial charge in [-0.1, -0.05) is 30.3 Å². The lowest BCUT2D eigenvalue weighted by atomic mass is 10.1. The number of rotatable bonds is 7. The van der Waals surface area contributed by atoms with Gasteiger partial charge in [0.2, 0.25) is 23.7 Å². The van der Waals surface area contributed by atoms with Crippen molar-refractivity contribution in [1.29, 1.82) is 5.26 Å². The third-order valence-electron chi connectivity index (χ3n) is 7.24. The largest absolute Gasteiger partial charge is 0.461 e. The second-order valence-corrected chi connectivity index (χ2v) is 10.6. The molecule has 2 atom stereocenters. The summed E-state index contributed by atoms with van der Waals surface area (Å²) in [7, 11) is 0. The first-order valence-corrected chi connectivity index (χ1v) is 14.2. The Balaban J connectivity index is 1.20. The number of fused-ring (bicyclic) bond motifs is 2. The number of benzene rings is 3. The maximum absolute atomic E-state index is 13.4. The maximum Gasteiger partial charge on any atom is 0.247 e. The van der Waals surface area contributed by atoms with Gasteiger partial charge in [0, 0.05) is 23.3 Å². The van der Waals surface area contributed by atoms with E-state index in [1.165, 1.54) is 4.90 Å². The van der Waals surface area contributed by atoms with Crippen LogP contribution in [-0.4, -0.2) is 53.8 Å². The lowest BCUT2D eigenvalue weighted by molar-refractivity contribution is -0.137. The zero-order valence-corrected chi connectivity index (χ0v) is 24.0. The molecule has 1 aliphatic rings. The van der Waals surface area contributed by atoms with Crippen molar-refractivity contribution in [3.8, 4) is 6.19 Å². The lowest BCUT2D eigenvalue weighted by Gasteiger charge is -2.23. The first kappa shape index (κ1) is 29.1. The van der Waals surface area contributed by atoms with Crippen LogP contribution >= 0.6 is 0 Å². The monoisotopic (exact) mass is 579 g/mol. The number of carbonyl (C=O) groups is 3. The normalized spacial score (nSPS) is 16.3. The second kappa shape index (κ2) is 13.1. The smallest absolute Gasteiger partial charge is 0.247 e. The Bertz CT molecular complexity index is 1740. The Kier molecular flexibility index (Phi) is 8.86. The summed E-state index contributed by atoms with van der Waals surface area (Å²) in [6.07, 6.45) is 3.76. The van der Waals surface area contributed by atoms with E-state index < -0.39 is 18.0 Å². The van der Waals surface area contributed by atoms with Crippen molar-refractivity contribution in [2.75, 3.05) is 23.7 Å². The second-order valence-electron chi connectivity index (χ2n) is 10.6. The fourth-order valence-electron chi connectivity index (χ4n) is 5.10. The van der Waals surface area contributed by atoms with E-state index in [-0.39, 0.29) is 24.3 Å². The molecule has 0 saturated carbocycles. The van der Waals surface area contributed by atoms with Gasteiger partial charge < -0.3 is 25.3 Å². The minimum absolute atomic E-state index is 0.130. The highest BCUT2D eigenvalue weighted by Gasteiger charge is 2.29. The summed E-state index contributed by atoms with van der Waals surface area (Å²) in [6, 6.07) is 19.2. The standard InChI is InChI=1S/C32H33N7O4/c1-20-15-24-17-26(12-13-28(24)43-20)37-32(34-19-33)38-27-9-5-6-14-39(31(27)42)18-29(40)35-21(2)30(41)36-25-11-10-22-7-3-4-8-23(22)16-25/h3-4,7-8,10-13,15-17,21,27H,5-6,9,14,18H2,1-2H3,(H,35,40)(H,36,41)(H2,34,37,38). The van der Waals surface area contributed by atoms with Crippen LogP contribution in [-0.2, 0) is 14.4 Å². The molecule has 1 fully saturated rings. The summed E-state index contributed by atoms with van der Waals surface area (Å²) in [6.45, 7) is 3.64. The summed E-state index contributed by atoms with van der Waals surface area (Å²) < 4.78 is 5.61. The molecule has 220 valence electrons. The van der Waals surface area contributed by atoms with E-state index in [1.54, 1.807) is 13.0 Å². The van der Waals surface area contributed by atoms with Crippen LogP contribution in [0.1, 0.15) is 31.9 Å². The van der Waals surface area contributed by atoms with Crippen LogP contribution in [0.15, 0.2) is 76.1 Å². The van der Waals surface area contributed by atoms with Crippen molar-refractivity contribution >= 4 is 56.8 Å². The van der Waals surface area contributed by atoms with Gasteiger partial charge in [0.05, 0.1) is 6.54 Å². The van der Waals surface area contributed by atoms with Crippen LogP contribution in [0.25, 0.3) is 21.7 Å². The average molecular weight is 580 g/mol. The fourth-order valence-corrected chi connectivity index (χ4v) is 5.10. The van der Waals surface area contributed by atoms with Gasteiger partial charge in [-0.3, -0.25) is 19.7 Å². The first-order chi connectivity index (χ1) is 20.8. The molecule has 3 aromatic carbocycles. The Hall–Kier alpha value is -5.37. The number of aliphatic imine (C=N–C) groups is 1. The van der Waals surface area contributed by atoms with Gasteiger partial charge in [0.25, 0.3) is 0 Å². The SMILES string of the molecule is Cc1cc2cc(NC(=NC3CCCCN(CC(=O)NC(C)C(=O)Nc4ccc5ccccc5c4)C3=O)NC#N)ccc2o1. The van der Waals surface area contributed by atoms with Crippen LogP contribution in [0.3, 0.4) is 0 Å². The van der Waals surface area contributed by atoms with Crippen molar-refractivity contribution in [2.24, 2.45) is 4.99 Å². The number of nitrogens with one attached hydrogen (secondary N) is 4. The molecule has 0 spiro atoms. The quantitative estimate of drug-likeness (QED) is 0.111. The summed E-state index contributed by atoms with van der Waals surface area (Å²) in [4.78, 5) is 45.1. The highest BCUT2D eigenvalue weighted by molar-refractivity contribution is 6.00. The predicted octanol–water partition coefficient (Wildman–Crippen LogP) is 4.26. The Morgan fingerprint density at radius 2 is 1.77 bits per heavy atom. The van der Waals surface area contributed by atoms with Gasteiger partial charge >= 0.3 is 0 Å². The van der Waals surface area contributed by atoms with Crippen molar-refractivity contribution in [2.45, 2.75) is 45.2 Å². The van der Waals surface area contributed by atoms with E-state index in [9.17, 15) is 19.6 Å². The molecule has 1 aliphatic heterocycles. The summed E-state index contributed by atoms with van der Waals surface area (Å²) in [5.74, 6) is -0.220. The molecule has 1 saturated heterocycles. The molecule has 3 amide bonds. The van der Waals surface area contributed by atoms with Gasteiger partial charge in [0.1, 0.15) is 23.4 Å². The number of aryl methyl sites for hydroxylation is 1. The van der Waals surface area contributed by atoms with Crippen LogP contribution in [0.5, 0.6) is 0 Å². The molecule has 0 bridgehead atoms. The molecule has 0 aliphatic carbocycles. The number of likely N-dealkylation sites (tertiary alicyclic amines) is 1. The molecule has 5 rings (SSSR count). The molecule has 2 heterocycles. The highest BCUT2D eigenvalue weighted by Crippen LogP contribution is 2.23. The van der Waals surface area contributed by atoms with Crippen molar-refractivity contribution in [1.82, 2.24) is 15.5 Å². The van der Waals surface area contributed by atoms with Crippen LogP contribution in [0.4, 0.5) is 11.4 Å². The summed E-state index contributed by atoms with van der Waals surface area (Å²) in [5.41, 5.74) is 2.04. The minimum atomic E-state index is -0.818. The third-order valence-corrected chi connectivity index (χ3v) is 7.24. The topological polar surface area (TPSA) is 152 Å². The van der Waals surface area contributed by atoms with Gasteiger partial charge in [-0.05, 0) is 80.3 Å². The molecular weight excluding hydrogens is 546 g/mol. The number of nitriles is 1. The maximum atomic E-state index is 13.4. The lowest BCUT2D eigenvalue weighted by Crippen LogP contribution is -2.48. The summed E-state index contributed by atoms with van der Waals surface area (Å²) >= 11 is 0. The van der Waals surface area contributed by atoms with Crippen molar-refractivity contribution in [3.05, 3.63) is 72.5 Å². The van der Waals surface area contributed by atoms with E-state index in [1.807, 2.05) is 73.8 Å². The van der Waals surface area contributed by atoms with Gasteiger partial charge in [-0.15, -0.1) is 0 Å². The first-order valence-electron chi connectivity index (χ1n) is 14.2. The summed E-state index contributed by atoms with van der Waals surface area (Å²) in [5, 5.41) is 23.4. The Morgan fingerprint density at radius 3 is 2.58 bits per heavy atom. The molecule has 11 nitrogen and oxygen atoms in total. The Morgan fingerprint density at radius 1 is 1.02 bits per heavy atom. The number of hydrogen-bond donors (Lipinski definition) is 4. The van der Waals surface area contributed by atoms with E-state index in [0.717, 1.165) is 33.9 Å². The number of anilines is 2. The molecule has 4 aromatic rings. The van der Waals surface area contributed by atoms with Crippen LogP contribution < -0.4 is 21.3 Å². The predicted molar refractivity (Wildman–Crippen MR) is 165 cm³/mol. The third kappa shape index (κ3) is 7.29. The van der Waals surface area contributed by atoms with E-state index in [2.05, 4.69) is 26.3 Å². The number of nitrogens with zero attached hydrogens (tertiary/aromatic N) is 3. The van der Waals surface area contributed by atoms with Crippen LogP contribution in [0, 0.1) is 18.4 Å². The van der Waals surface area contributed by atoms with Crippen LogP contribution in [0.2, 0.25) is 0 Å². The van der Waals surface area contributed by atoms with Crippen molar-refractivity contribution in [3.63, 3.8) is 0 Å². The number of amides is 3. The molecule has 4 N–H and O–H groups in total. The zero-order valence-electron chi connectivity index (χ0n) is 24.0. The van der Waals surface area contributed by atoms with E-state index in [4.69, 9.17) is 4.42 Å². The highest BCUT2D eigenvalue weighted by atomic mass is 16.3. The van der Waals surface area contributed by atoms with Gasteiger partial charge in [0.15, 0.2) is 6.19 Å². The molecule has 1 aromatic heterocycles. The van der Waals surface area contributed by atoms with E-state index >= 15 is 0 Å². The average Bonchev–Trinajstić information content (AvgIpc) is 3.28. The number of furan rings is 1. The van der Waals surface area contributed by atoms with E-state index in [0.29, 0.717) is 30.8 Å². The minimum Gasteiger partial charge on any atom is -0.461 e. The number of carbonyl (C=O) groups excluding carboxylic acids is 3. The fraction of sp³-hybridized carbons (Fsp3) is 0.281.